The van der Waals surface area contributed by atoms with Crippen LogP contribution in [0.4, 0.5) is 22.1 Å². The number of carbonyl (C=O) groups excluding carboxylic acids is 3. The van der Waals surface area contributed by atoms with E-state index in [1.807, 2.05) is 20.8 Å². The van der Waals surface area contributed by atoms with Crippen molar-refractivity contribution in [2.75, 3.05) is 43.9 Å². The van der Waals surface area contributed by atoms with Crippen molar-refractivity contribution in [3.05, 3.63) is 71.0 Å². The zero-order valence-electron chi connectivity index (χ0n) is 22.7. The van der Waals surface area contributed by atoms with Crippen LogP contribution >= 0.6 is 11.6 Å². The third-order valence-electron chi connectivity index (χ3n) is 5.93. The Kier molecular flexibility index (Phi) is 8.73. The minimum Gasteiger partial charge on any atom is -0.497 e. The predicted molar refractivity (Wildman–Crippen MR) is 151 cm³/mol. The van der Waals surface area contributed by atoms with Crippen LogP contribution in [0.5, 0.6) is 5.75 Å². The van der Waals surface area contributed by atoms with Gasteiger partial charge in [-0.2, -0.15) is 0 Å². The Labute approximate surface area is 237 Å². The molecule has 1 fully saturated rings. The van der Waals surface area contributed by atoms with Crippen molar-refractivity contribution in [2.45, 2.75) is 26.4 Å². The molecule has 2 N–H and O–H groups in total. The van der Waals surface area contributed by atoms with Crippen LogP contribution < -0.4 is 15.4 Å². The van der Waals surface area contributed by atoms with E-state index in [2.05, 4.69) is 20.6 Å². The SMILES string of the molecule is COc1ccc(Cl)c(C(=O)Nc2cnc(Nc3ccc(C(=O)N4CCN(C(=O)OC(C)(C)C)CC4)cc3)nc2)c1. The Hall–Kier alpha value is -4.38. The molecule has 0 unspecified atom stereocenters. The molecule has 2 aromatic carbocycles. The molecule has 1 aliphatic rings. The molecule has 40 heavy (non-hydrogen) atoms. The molecule has 2 heterocycles. The first-order valence-corrected chi connectivity index (χ1v) is 13.0. The molecule has 0 radical (unpaired) electrons. The highest BCUT2D eigenvalue weighted by molar-refractivity contribution is 6.34. The van der Waals surface area contributed by atoms with Crippen LogP contribution in [-0.4, -0.2) is 76.6 Å². The van der Waals surface area contributed by atoms with Gasteiger partial charge in [-0.1, -0.05) is 11.6 Å². The van der Waals surface area contributed by atoms with Gasteiger partial charge in [0.15, 0.2) is 0 Å². The number of benzene rings is 2. The first-order valence-electron chi connectivity index (χ1n) is 12.6. The highest BCUT2D eigenvalue weighted by atomic mass is 35.5. The summed E-state index contributed by atoms with van der Waals surface area (Å²) in [5, 5.41) is 6.07. The monoisotopic (exact) mass is 566 g/mol. The van der Waals surface area contributed by atoms with Crippen molar-refractivity contribution in [3.8, 4) is 5.75 Å². The molecular formula is C28H31ClN6O5. The maximum atomic E-state index is 13.0. The van der Waals surface area contributed by atoms with E-state index in [1.165, 1.54) is 19.5 Å². The van der Waals surface area contributed by atoms with Crippen LogP contribution in [0.25, 0.3) is 0 Å². The molecule has 12 heteroatoms. The second-order valence-electron chi connectivity index (χ2n) is 10.1. The molecule has 0 bridgehead atoms. The molecule has 1 aromatic heterocycles. The predicted octanol–water partition coefficient (Wildman–Crippen LogP) is 4.83. The quantitative estimate of drug-likeness (QED) is 0.434. The van der Waals surface area contributed by atoms with Gasteiger partial charge in [-0.3, -0.25) is 9.59 Å². The van der Waals surface area contributed by atoms with E-state index in [-0.39, 0.29) is 17.6 Å². The van der Waals surface area contributed by atoms with Crippen LogP contribution in [0.3, 0.4) is 0 Å². The van der Waals surface area contributed by atoms with Gasteiger partial charge in [-0.15, -0.1) is 0 Å². The number of hydrogen-bond donors (Lipinski definition) is 2. The first kappa shape index (κ1) is 28.6. The molecule has 0 spiro atoms. The lowest BCUT2D eigenvalue weighted by molar-refractivity contribution is 0.0141. The smallest absolute Gasteiger partial charge is 0.410 e. The fraction of sp³-hybridized carbons (Fsp3) is 0.321. The van der Waals surface area contributed by atoms with Crippen LogP contribution in [0.15, 0.2) is 54.9 Å². The van der Waals surface area contributed by atoms with Gasteiger partial charge in [-0.05, 0) is 63.2 Å². The maximum absolute atomic E-state index is 13.0. The number of aromatic nitrogens is 2. The molecule has 11 nitrogen and oxygen atoms in total. The third kappa shape index (κ3) is 7.38. The van der Waals surface area contributed by atoms with Crippen molar-refractivity contribution in [1.29, 1.82) is 0 Å². The minimum atomic E-state index is -0.560. The number of hydrogen-bond acceptors (Lipinski definition) is 8. The molecule has 210 valence electrons. The molecule has 1 saturated heterocycles. The number of piperazine rings is 1. The molecule has 4 rings (SSSR count). The van der Waals surface area contributed by atoms with E-state index in [1.54, 1.807) is 52.3 Å². The number of carbonyl (C=O) groups is 3. The molecule has 3 amide bonds. The molecule has 0 aliphatic carbocycles. The van der Waals surface area contributed by atoms with Gasteiger partial charge in [0.2, 0.25) is 5.95 Å². The Bertz CT molecular complexity index is 1370. The van der Waals surface area contributed by atoms with Crippen molar-refractivity contribution in [2.24, 2.45) is 0 Å². The lowest BCUT2D eigenvalue weighted by Crippen LogP contribution is -2.51. The molecule has 0 atom stereocenters. The lowest BCUT2D eigenvalue weighted by Gasteiger charge is -2.35. The number of amides is 3. The standard InChI is InChI=1S/C28H31ClN6O5/c1-28(2,3)40-27(38)35-13-11-34(12-14-35)25(37)18-5-7-19(8-6-18)33-26-30-16-20(17-31-26)32-24(36)22-15-21(39-4)9-10-23(22)29/h5-10,15-17H,11-14H2,1-4H3,(H,32,36)(H,30,31,33). The van der Waals surface area contributed by atoms with Crippen molar-refractivity contribution in [1.82, 2.24) is 19.8 Å². The van der Waals surface area contributed by atoms with E-state index < -0.39 is 11.5 Å². The summed E-state index contributed by atoms with van der Waals surface area (Å²) >= 11 is 6.14. The van der Waals surface area contributed by atoms with Gasteiger partial charge >= 0.3 is 6.09 Å². The second-order valence-corrected chi connectivity index (χ2v) is 10.5. The summed E-state index contributed by atoms with van der Waals surface area (Å²) in [6.07, 6.45) is 2.57. The second kappa shape index (κ2) is 12.2. The fourth-order valence-corrected chi connectivity index (χ4v) is 4.09. The van der Waals surface area contributed by atoms with Gasteiger partial charge < -0.3 is 29.9 Å². The van der Waals surface area contributed by atoms with E-state index in [0.717, 1.165) is 0 Å². The van der Waals surface area contributed by atoms with Crippen molar-refractivity contribution >= 4 is 46.8 Å². The van der Waals surface area contributed by atoms with Crippen LogP contribution in [0.2, 0.25) is 5.02 Å². The molecule has 0 saturated carbocycles. The minimum absolute atomic E-state index is 0.108. The zero-order chi connectivity index (χ0) is 28.9. The van der Waals surface area contributed by atoms with E-state index >= 15 is 0 Å². The lowest BCUT2D eigenvalue weighted by atomic mass is 10.1. The Morgan fingerprint density at radius 2 is 1.52 bits per heavy atom. The number of anilines is 3. The third-order valence-corrected chi connectivity index (χ3v) is 6.26. The summed E-state index contributed by atoms with van der Waals surface area (Å²) in [5.74, 6) is 0.302. The van der Waals surface area contributed by atoms with E-state index in [9.17, 15) is 14.4 Å². The number of nitrogens with zero attached hydrogens (tertiary/aromatic N) is 4. The number of methoxy groups -OCH3 is 1. The van der Waals surface area contributed by atoms with Crippen molar-refractivity contribution in [3.63, 3.8) is 0 Å². The van der Waals surface area contributed by atoms with Crippen LogP contribution in [0, 0.1) is 0 Å². The molecule has 3 aromatic rings. The number of halogens is 1. The topological polar surface area (TPSA) is 126 Å². The average molecular weight is 567 g/mol. The number of rotatable bonds is 6. The fourth-order valence-electron chi connectivity index (χ4n) is 3.89. The van der Waals surface area contributed by atoms with Gasteiger partial charge in [0, 0.05) is 37.4 Å². The Morgan fingerprint density at radius 1 is 0.900 bits per heavy atom. The number of ether oxygens (including phenoxy) is 2. The van der Waals surface area contributed by atoms with E-state index in [4.69, 9.17) is 21.1 Å². The molecule has 1 aliphatic heterocycles. The zero-order valence-corrected chi connectivity index (χ0v) is 23.5. The number of nitrogens with one attached hydrogen (secondary N) is 2. The summed E-state index contributed by atoms with van der Waals surface area (Å²) in [4.78, 5) is 49.6. The highest BCUT2D eigenvalue weighted by Gasteiger charge is 2.28. The largest absolute Gasteiger partial charge is 0.497 e. The Balaban J connectivity index is 1.29. The maximum Gasteiger partial charge on any atom is 0.410 e. The van der Waals surface area contributed by atoms with Crippen molar-refractivity contribution < 1.29 is 23.9 Å². The van der Waals surface area contributed by atoms with E-state index in [0.29, 0.717) is 59.8 Å². The van der Waals surface area contributed by atoms with Gasteiger partial charge in [0.1, 0.15) is 11.4 Å². The normalized spacial score (nSPS) is 13.4. The van der Waals surface area contributed by atoms with Gasteiger partial charge in [0.05, 0.1) is 35.8 Å². The summed E-state index contributed by atoms with van der Waals surface area (Å²) in [7, 11) is 1.51. The summed E-state index contributed by atoms with van der Waals surface area (Å²) in [5.41, 5.74) is 1.32. The van der Waals surface area contributed by atoms with Crippen LogP contribution in [0.1, 0.15) is 41.5 Å². The first-order chi connectivity index (χ1) is 19.0. The Morgan fingerprint density at radius 3 is 2.12 bits per heavy atom. The van der Waals surface area contributed by atoms with Gasteiger partial charge in [-0.25, -0.2) is 14.8 Å². The summed E-state index contributed by atoms with van der Waals surface area (Å²) < 4.78 is 10.6. The average Bonchev–Trinajstić information content (AvgIpc) is 2.93. The summed E-state index contributed by atoms with van der Waals surface area (Å²) in [6.45, 7) is 7.17. The van der Waals surface area contributed by atoms with Crippen LogP contribution in [-0.2, 0) is 4.74 Å². The molecular weight excluding hydrogens is 536 g/mol. The highest BCUT2D eigenvalue weighted by Crippen LogP contribution is 2.23. The van der Waals surface area contributed by atoms with Gasteiger partial charge in [0.25, 0.3) is 11.8 Å². The summed E-state index contributed by atoms with van der Waals surface area (Å²) in [6, 6.07) is 11.8.